The number of methoxy groups -OCH3 is 1. The number of nitrogens with two attached hydrogens (primary N) is 1. The Balaban J connectivity index is 1.70. The Kier molecular flexibility index (Phi) is 9.08. The molecule has 0 atom stereocenters. The van der Waals surface area contributed by atoms with E-state index >= 15 is 0 Å². The van der Waals surface area contributed by atoms with Crippen molar-refractivity contribution >= 4 is 33.5 Å². The van der Waals surface area contributed by atoms with Crippen molar-refractivity contribution in [1.82, 2.24) is 15.2 Å². The van der Waals surface area contributed by atoms with Crippen molar-refractivity contribution in [3.8, 4) is 17.0 Å². The third-order valence-corrected chi connectivity index (χ3v) is 6.87. The van der Waals surface area contributed by atoms with Gasteiger partial charge in [-0.05, 0) is 60.9 Å². The van der Waals surface area contributed by atoms with Crippen LogP contribution >= 0.6 is 11.6 Å². The van der Waals surface area contributed by atoms with Gasteiger partial charge in [0.2, 0.25) is 10.0 Å². The minimum absolute atomic E-state index is 0.0504. The second kappa shape index (κ2) is 12.0. The standard InChI is InChI=1S/C24H28ClN5O5S/c1-4-9-36(32,33)28-14-17-10-16(11-19(25)12-17)13-27-24(26)29-23(31)21-15(2)35-30-22(21)18-5-7-20(34-3)8-6-18/h5-8,10-12,28H,4,9,13-14H2,1-3H3,(H3,26,27,29,31). The molecule has 3 rings (SSSR count). The average Bonchev–Trinajstić information content (AvgIpc) is 3.23. The third kappa shape index (κ3) is 7.30. The van der Waals surface area contributed by atoms with Gasteiger partial charge in [-0.2, -0.15) is 4.99 Å². The molecular weight excluding hydrogens is 506 g/mol. The second-order valence-electron chi connectivity index (χ2n) is 7.95. The van der Waals surface area contributed by atoms with E-state index in [0.717, 1.165) is 5.56 Å². The van der Waals surface area contributed by atoms with Gasteiger partial charge in [0.25, 0.3) is 5.91 Å². The molecule has 10 nitrogen and oxygen atoms in total. The Labute approximate surface area is 214 Å². The average molecular weight is 534 g/mol. The first-order chi connectivity index (χ1) is 17.1. The summed E-state index contributed by atoms with van der Waals surface area (Å²) in [5.41, 5.74) is 8.60. The van der Waals surface area contributed by atoms with Gasteiger partial charge in [-0.3, -0.25) is 4.79 Å². The van der Waals surface area contributed by atoms with Crippen LogP contribution in [-0.4, -0.2) is 38.3 Å². The first-order valence-corrected chi connectivity index (χ1v) is 13.1. The van der Waals surface area contributed by atoms with Crippen LogP contribution in [0.1, 0.15) is 40.6 Å². The quantitative estimate of drug-likeness (QED) is 0.265. The highest BCUT2D eigenvalue weighted by molar-refractivity contribution is 7.89. The van der Waals surface area contributed by atoms with Crippen LogP contribution in [0.5, 0.6) is 5.75 Å². The Hall–Kier alpha value is -3.41. The maximum Gasteiger partial charge on any atom is 0.286 e. The minimum atomic E-state index is -3.35. The minimum Gasteiger partial charge on any atom is -0.497 e. The summed E-state index contributed by atoms with van der Waals surface area (Å²) in [4.78, 5) is 16.8. The molecular formula is C24H28ClN5O5S. The zero-order chi connectivity index (χ0) is 26.3. The molecule has 1 amide bonds. The molecule has 0 saturated heterocycles. The van der Waals surface area contributed by atoms with Gasteiger partial charge in [-0.1, -0.05) is 29.7 Å². The van der Waals surface area contributed by atoms with Crippen LogP contribution in [0.2, 0.25) is 5.02 Å². The molecule has 0 unspecified atom stereocenters. The van der Waals surface area contributed by atoms with Crippen molar-refractivity contribution in [2.24, 2.45) is 10.7 Å². The number of benzene rings is 2. The summed E-state index contributed by atoms with van der Waals surface area (Å²) in [5, 5.41) is 7.31. The van der Waals surface area contributed by atoms with Gasteiger partial charge in [0, 0.05) is 23.7 Å². The first kappa shape index (κ1) is 27.2. The van der Waals surface area contributed by atoms with E-state index in [0.29, 0.717) is 39.8 Å². The Morgan fingerprint density at radius 2 is 1.83 bits per heavy atom. The highest BCUT2D eigenvalue weighted by Gasteiger charge is 2.22. The van der Waals surface area contributed by atoms with Gasteiger partial charge in [0.15, 0.2) is 5.96 Å². The molecule has 2 aromatic carbocycles. The first-order valence-electron chi connectivity index (χ1n) is 11.1. The number of carbonyl (C=O) groups is 1. The molecule has 0 spiro atoms. The van der Waals surface area contributed by atoms with Crippen molar-refractivity contribution < 1.29 is 22.5 Å². The molecule has 0 aliphatic rings. The summed E-state index contributed by atoms with van der Waals surface area (Å²) in [6.07, 6.45) is 0.521. The summed E-state index contributed by atoms with van der Waals surface area (Å²) < 4.78 is 36.8. The molecule has 0 saturated carbocycles. The number of amides is 1. The van der Waals surface area contributed by atoms with Crippen LogP contribution in [0.3, 0.4) is 0 Å². The predicted molar refractivity (Wildman–Crippen MR) is 138 cm³/mol. The van der Waals surface area contributed by atoms with Gasteiger partial charge in [-0.15, -0.1) is 0 Å². The predicted octanol–water partition coefficient (Wildman–Crippen LogP) is 3.39. The molecule has 0 bridgehead atoms. The van der Waals surface area contributed by atoms with E-state index in [-0.39, 0.29) is 30.4 Å². The largest absolute Gasteiger partial charge is 0.497 e. The van der Waals surface area contributed by atoms with Gasteiger partial charge >= 0.3 is 0 Å². The summed E-state index contributed by atoms with van der Waals surface area (Å²) in [7, 11) is -1.79. The molecule has 0 radical (unpaired) electrons. The highest BCUT2D eigenvalue weighted by atomic mass is 35.5. The summed E-state index contributed by atoms with van der Waals surface area (Å²) in [5.74, 6) is 0.316. The topological polar surface area (TPSA) is 149 Å². The van der Waals surface area contributed by atoms with E-state index in [2.05, 4.69) is 20.2 Å². The number of nitrogens with one attached hydrogen (secondary N) is 2. The Morgan fingerprint density at radius 1 is 1.17 bits per heavy atom. The number of halogens is 1. The van der Waals surface area contributed by atoms with Crippen molar-refractivity contribution in [3.05, 3.63) is 69.9 Å². The number of aryl methyl sites for hydroxylation is 1. The van der Waals surface area contributed by atoms with E-state index < -0.39 is 15.9 Å². The lowest BCUT2D eigenvalue weighted by Gasteiger charge is -2.10. The molecule has 12 heteroatoms. The number of ether oxygens (including phenoxy) is 1. The van der Waals surface area contributed by atoms with Crippen LogP contribution < -0.4 is 20.5 Å². The normalized spacial score (nSPS) is 11.9. The van der Waals surface area contributed by atoms with Crippen LogP contribution in [0, 0.1) is 6.92 Å². The van der Waals surface area contributed by atoms with Crippen molar-refractivity contribution in [2.45, 2.75) is 33.4 Å². The van der Waals surface area contributed by atoms with Gasteiger partial charge in [-0.25, -0.2) is 13.1 Å². The molecule has 1 aromatic heterocycles. The maximum atomic E-state index is 12.9. The van der Waals surface area contributed by atoms with Crippen LogP contribution in [0.25, 0.3) is 11.3 Å². The summed E-state index contributed by atoms with van der Waals surface area (Å²) >= 11 is 6.19. The van der Waals surface area contributed by atoms with Crippen molar-refractivity contribution in [1.29, 1.82) is 0 Å². The van der Waals surface area contributed by atoms with E-state index in [1.165, 1.54) is 0 Å². The molecule has 3 aromatic rings. The SMILES string of the molecule is CCCS(=O)(=O)NCc1cc(Cl)cc(CN/C(N)=N\C(=O)c2c(-c3ccc(OC)cc3)noc2C)c1. The smallest absolute Gasteiger partial charge is 0.286 e. The number of hydrogen-bond donors (Lipinski definition) is 3. The fraction of sp³-hybridized carbons (Fsp3) is 0.292. The Bertz CT molecular complexity index is 1350. The highest BCUT2D eigenvalue weighted by Crippen LogP contribution is 2.27. The molecule has 4 N–H and O–H groups in total. The van der Waals surface area contributed by atoms with Gasteiger partial charge < -0.3 is 20.3 Å². The summed E-state index contributed by atoms with van der Waals surface area (Å²) in [6.45, 7) is 3.74. The molecule has 0 fully saturated rings. The van der Waals surface area contributed by atoms with Crippen molar-refractivity contribution in [3.63, 3.8) is 0 Å². The zero-order valence-corrected chi connectivity index (χ0v) is 21.7. The second-order valence-corrected chi connectivity index (χ2v) is 10.3. The lowest BCUT2D eigenvalue weighted by atomic mass is 10.1. The Morgan fingerprint density at radius 3 is 2.47 bits per heavy atom. The molecule has 192 valence electrons. The third-order valence-electron chi connectivity index (χ3n) is 5.12. The van der Waals surface area contributed by atoms with Crippen LogP contribution in [0.15, 0.2) is 52.0 Å². The lowest BCUT2D eigenvalue weighted by Crippen LogP contribution is -2.32. The molecule has 0 aliphatic heterocycles. The van der Waals surface area contributed by atoms with E-state index in [4.69, 9.17) is 26.6 Å². The number of sulfonamides is 1. The molecule has 1 heterocycles. The van der Waals surface area contributed by atoms with E-state index in [1.807, 2.05) is 0 Å². The molecule has 0 aliphatic carbocycles. The number of hydrogen-bond acceptors (Lipinski definition) is 6. The lowest BCUT2D eigenvalue weighted by molar-refractivity contribution is 0.100. The van der Waals surface area contributed by atoms with Crippen molar-refractivity contribution in [2.75, 3.05) is 12.9 Å². The number of aromatic nitrogens is 1. The zero-order valence-electron chi connectivity index (χ0n) is 20.2. The van der Waals surface area contributed by atoms with Crippen LogP contribution in [-0.2, 0) is 23.1 Å². The monoisotopic (exact) mass is 533 g/mol. The van der Waals surface area contributed by atoms with E-state index in [9.17, 15) is 13.2 Å². The number of aliphatic imine (C=N–C) groups is 1. The maximum absolute atomic E-state index is 12.9. The van der Waals surface area contributed by atoms with Gasteiger partial charge in [0.1, 0.15) is 22.8 Å². The molecule has 36 heavy (non-hydrogen) atoms. The van der Waals surface area contributed by atoms with Crippen LogP contribution in [0.4, 0.5) is 0 Å². The number of carbonyl (C=O) groups excluding carboxylic acids is 1. The fourth-order valence-electron chi connectivity index (χ4n) is 3.42. The van der Waals surface area contributed by atoms with Gasteiger partial charge in [0.05, 0.1) is 12.9 Å². The number of nitrogens with zero attached hydrogens (tertiary/aromatic N) is 2. The number of guanidine groups is 1. The van der Waals surface area contributed by atoms with E-state index in [1.54, 1.807) is 63.4 Å². The fourth-order valence-corrected chi connectivity index (χ4v) is 4.77. The summed E-state index contributed by atoms with van der Waals surface area (Å²) in [6, 6.07) is 12.2. The number of rotatable bonds is 10.